The Morgan fingerprint density at radius 2 is 1.91 bits per heavy atom. The first kappa shape index (κ1) is 23.5. The molecule has 1 aromatic carbocycles. The van der Waals surface area contributed by atoms with Crippen molar-refractivity contribution in [3.8, 4) is 0 Å². The van der Waals surface area contributed by atoms with Gasteiger partial charge in [-0.2, -0.15) is 13.2 Å². The van der Waals surface area contributed by atoms with Crippen LogP contribution in [-0.2, 0) is 14.3 Å². The number of aryl methyl sites for hydroxylation is 1. The van der Waals surface area contributed by atoms with Crippen molar-refractivity contribution in [2.24, 2.45) is 5.41 Å². The Labute approximate surface area is 190 Å². The summed E-state index contributed by atoms with van der Waals surface area (Å²) in [5, 5.41) is 1.98. The Kier molecular flexibility index (Phi) is 5.67. The van der Waals surface area contributed by atoms with E-state index in [4.69, 9.17) is 4.74 Å². The SMILES string of the molecule is Cc1ccccc1C(=O)N[C@@]1(C(F)(F)F)C(=O)N(C[C@@H]2CCCO2)C2=C1C(=O)CC(C)(C)C2. The van der Waals surface area contributed by atoms with Crippen molar-refractivity contribution in [2.75, 3.05) is 13.2 Å². The number of hydrogen-bond donors (Lipinski definition) is 1. The average Bonchev–Trinajstić information content (AvgIpc) is 3.28. The molecule has 4 rings (SSSR count). The molecule has 2 aliphatic heterocycles. The number of amides is 2. The molecule has 2 atom stereocenters. The van der Waals surface area contributed by atoms with Crippen LogP contribution >= 0.6 is 0 Å². The molecule has 6 nitrogen and oxygen atoms in total. The number of alkyl halides is 3. The topological polar surface area (TPSA) is 75.7 Å². The highest BCUT2D eigenvalue weighted by Crippen LogP contribution is 2.52. The summed E-state index contributed by atoms with van der Waals surface area (Å²) in [6.45, 7) is 5.54. The summed E-state index contributed by atoms with van der Waals surface area (Å²) >= 11 is 0. The summed E-state index contributed by atoms with van der Waals surface area (Å²) in [7, 11) is 0. The number of Topliss-reactive ketones (excluding diaryl/α,β-unsaturated/α-hetero) is 1. The molecule has 2 amide bonds. The Hall–Kier alpha value is -2.68. The van der Waals surface area contributed by atoms with Gasteiger partial charge < -0.3 is 15.0 Å². The van der Waals surface area contributed by atoms with Crippen LogP contribution in [-0.4, -0.2) is 53.5 Å². The second-order valence-corrected chi connectivity index (χ2v) is 9.83. The van der Waals surface area contributed by atoms with Crippen molar-refractivity contribution in [2.45, 2.75) is 64.3 Å². The molecule has 1 fully saturated rings. The van der Waals surface area contributed by atoms with Gasteiger partial charge in [0, 0.05) is 24.3 Å². The Morgan fingerprint density at radius 3 is 2.52 bits per heavy atom. The van der Waals surface area contributed by atoms with E-state index in [2.05, 4.69) is 0 Å². The molecule has 9 heteroatoms. The van der Waals surface area contributed by atoms with Crippen LogP contribution in [0.15, 0.2) is 35.5 Å². The van der Waals surface area contributed by atoms with Gasteiger partial charge in [0.2, 0.25) is 5.54 Å². The van der Waals surface area contributed by atoms with Crippen molar-refractivity contribution < 1.29 is 32.3 Å². The predicted octanol–water partition coefficient (Wildman–Crippen LogP) is 3.69. The molecule has 0 spiro atoms. The van der Waals surface area contributed by atoms with Gasteiger partial charge in [-0.05, 0) is 43.2 Å². The molecule has 2 heterocycles. The van der Waals surface area contributed by atoms with Crippen LogP contribution in [0.25, 0.3) is 0 Å². The van der Waals surface area contributed by atoms with Crippen molar-refractivity contribution in [1.29, 1.82) is 0 Å². The third-order valence-electron chi connectivity index (χ3n) is 6.65. The fraction of sp³-hybridized carbons (Fsp3) is 0.542. The molecule has 0 aromatic heterocycles. The number of rotatable bonds is 4. The van der Waals surface area contributed by atoms with Crippen LogP contribution < -0.4 is 5.32 Å². The lowest BCUT2D eigenvalue weighted by Crippen LogP contribution is -2.66. The highest BCUT2D eigenvalue weighted by Gasteiger charge is 2.71. The highest BCUT2D eigenvalue weighted by molar-refractivity contribution is 6.14. The normalized spacial score (nSPS) is 27.2. The van der Waals surface area contributed by atoms with Crippen LogP contribution in [0.4, 0.5) is 13.2 Å². The van der Waals surface area contributed by atoms with E-state index in [1.807, 2.05) is 5.32 Å². The summed E-state index contributed by atoms with van der Waals surface area (Å²) in [6.07, 6.45) is -4.31. The minimum atomic E-state index is -5.22. The van der Waals surface area contributed by atoms with E-state index < -0.39 is 46.4 Å². The minimum Gasteiger partial charge on any atom is -0.376 e. The average molecular weight is 464 g/mol. The zero-order valence-corrected chi connectivity index (χ0v) is 18.8. The third kappa shape index (κ3) is 3.86. The molecule has 0 bridgehead atoms. The maximum atomic E-state index is 14.8. The van der Waals surface area contributed by atoms with Gasteiger partial charge in [0.25, 0.3) is 11.8 Å². The standard InChI is InChI=1S/C24H27F3N2O4/c1-14-7-4-5-9-16(14)20(31)28-23(24(25,26)27)19-17(11-22(2,3)12-18(19)30)29(21(23)32)13-15-8-6-10-33-15/h4-5,7,9,15H,6,8,10-13H2,1-3H3,(H,28,31)/t15-,23+/m0/s1. The highest BCUT2D eigenvalue weighted by atomic mass is 19.4. The van der Waals surface area contributed by atoms with Gasteiger partial charge in [-0.15, -0.1) is 0 Å². The lowest BCUT2D eigenvalue weighted by molar-refractivity contribution is -0.191. The van der Waals surface area contributed by atoms with Gasteiger partial charge in [0.1, 0.15) is 0 Å². The number of carbonyl (C=O) groups is 3. The van der Waals surface area contributed by atoms with E-state index in [9.17, 15) is 27.6 Å². The Balaban J connectivity index is 1.85. The number of allylic oxidation sites excluding steroid dienone is 1. The number of carbonyl (C=O) groups excluding carboxylic acids is 3. The molecular formula is C24H27F3N2O4. The summed E-state index contributed by atoms with van der Waals surface area (Å²) in [6, 6.07) is 6.16. The van der Waals surface area contributed by atoms with Gasteiger partial charge in [-0.3, -0.25) is 14.4 Å². The summed E-state index contributed by atoms with van der Waals surface area (Å²) in [5.74, 6) is -3.17. The molecular weight excluding hydrogens is 437 g/mol. The van der Waals surface area contributed by atoms with Crippen LogP contribution in [0.3, 0.4) is 0 Å². The van der Waals surface area contributed by atoms with Gasteiger partial charge >= 0.3 is 6.18 Å². The summed E-state index contributed by atoms with van der Waals surface area (Å²) < 4.78 is 49.9. The zero-order valence-electron chi connectivity index (χ0n) is 18.8. The number of nitrogens with zero attached hydrogens (tertiary/aromatic N) is 1. The fourth-order valence-corrected chi connectivity index (χ4v) is 5.08. The first-order valence-corrected chi connectivity index (χ1v) is 11.0. The van der Waals surface area contributed by atoms with Crippen LogP contribution in [0.5, 0.6) is 0 Å². The van der Waals surface area contributed by atoms with Gasteiger partial charge in [0.05, 0.1) is 18.2 Å². The maximum Gasteiger partial charge on any atom is 0.425 e. The number of halogens is 3. The van der Waals surface area contributed by atoms with Crippen LogP contribution in [0, 0.1) is 12.3 Å². The van der Waals surface area contributed by atoms with E-state index >= 15 is 0 Å². The van der Waals surface area contributed by atoms with Crippen LogP contribution in [0.2, 0.25) is 0 Å². The second-order valence-electron chi connectivity index (χ2n) is 9.83. The van der Waals surface area contributed by atoms with Crippen molar-refractivity contribution in [1.82, 2.24) is 10.2 Å². The number of ether oxygens (including phenoxy) is 1. The molecule has 33 heavy (non-hydrogen) atoms. The summed E-state index contributed by atoms with van der Waals surface area (Å²) in [4.78, 5) is 40.8. The van der Waals surface area contributed by atoms with E-state index in [1.54, 1.807) is 32.9 Å². The van der Waals surface area contributed by atoms with Gasteiger partial charge in [-0.25, -0.2) is 0 Å². The van der Waals surface area contributed by atoms with Crippen LogP contribution in [0.1, 0.15) is 55.5 Å². The fourth-order valence-electron chi connectivity index (χ4n) is 5.08. The first-order chi connectivity index (χ1) is 15.4. The predicted molar refractivity (Wildman–Crippen MR) is 113 cm³/mol. The largest absolute Gasteiger partial charge is 0.425 e. The molecule has 0 unspecified atom stereocenters. The van der Waals surface area contributed by atoms with Gasteiger partial charge in [0.15, 0.2) is 5.78 Å². The number of benzene rings is 1. The lowest BCUT2D eigenvalue weighted by Gasteiger charge is -2.35. The van der Waals surface area contributed by atoms with E-state index in [-0.39, 0.29) is 30.6 Å². The molecule has 3 aliphatic rings. The minimum absolute atomic E-state index is 0.0113. The number of ketones is 1. The monoisotopic (exact) mass is 464 g/mol. The van der Waals surface area contributed by atoms with Crippen molar-refractivity contribution in [3.63, 3.8) is 0 Å². The smallest absolute Gasteiger partial charge is 0.376 e. The van der Waals surface area contributed by atoms with E-state index in [1.165, 1.54) is 12.1 Å². The lowest BCUT2D eigenvalue weighted by atomic mass is 9.72. The quantitative estimate of drug-likeness (QED) is 0.738. The summed E-state index contributed by atoms with van der Waals surface area (Å²) in [5.41, 5.74) is -4.18. The molecule has 1 aliphatic carbocycles. The number of nitrogens with one attached hydrogen (secondary N) is 1. The second kappa shape index (κ2) is 7.97. The molecule has 0 saturated carbocycles. The Bertz CT molecular complexity index is 1040. The van der Waals surface area contributed by atoms with E-state index in [0.717, 1.165) is 11.3 Å². The molecule has 1 aromatic rings. The van der Waals surface area contributed by atoms with Crippen molar-refractivity contribution in [3.05, 3.63) is 46.7 Å². The molecule has 1 N–H and O–H groups in total. The van der Waals surface area contributed by atoms with Crippen molar-refractivity contribution >= 4 is 17.6 Å². The molecule has 1 saturated heterocycles. The van der Waals surface area contributed by atoms with E-state index in [0.29, 0.717) is 18.6 Å². The number of hydrogen-bond acceptors (Lipinski definition) is 4. The van der Waals surface area contributed by atoms with Gasteiger partial charge in [-0.1, -0.05) is 32.0 Å². The molecule has 178 valence electrons. The maximum absolute atomic E-state index is 14.8. The molecule has 0 radical (unpaired) electrons. The third-order valence-corrected chi connectivity index (χ3v) is 6.65. The zero-order chi connectivity index (χ0) is 24.2. The Morgan fingerprint density at radius 1 is 1.21 bits per heavy atom. The first-order valence-electron chi connectivity index (χ1n) is 11.0.